The largest absolute Gasteiger partial charge is 0.348 e. The van der Waals surface area contributed by atoms with Gasteiger partial charge in [-0.3, -0.25) is 4.79 Å². The van der Waals surface area contributed by atoms with Gasteiger partial charge in [-0.1, -0.05) is 24.3 Å². The summed E-state index contributed by atoms with van der Waals surface area (Å²) in [6, 6.07) is 7.23. The molecule has 3 N–H and O–H groups in total. The molecule has 0 aliphatic heterocycles. The zero-order valence-corrected chi connectivity index (χ0v) is 10.2. The zero-order chi connectivity index (χ0) is 12.8. The van der Waals surface area contributed by atoms with Crippen LogP contribution >= 0.6 is 0 Å². The van der Waals surface area contributed by atoms with Gasteiger partial charge in [0.1, 0.15) is 0 Å². The highest BCUT2D eigenvalue weighted by atomic mass is 16.2. The maximum Gasteiger partial charge on any atom is 0.238 e. The van der Waals surface area contributed by atoms with Crippen LogP contribution in [-0.2, 0) is 4.79 Å². The molecule has 1 aromatic carbocycles. The minimum Gasteiger partial charge on any atom is -0.348 e. The quantitative estimate of drug-likeness (QED) is 0.771. The zero-order valence-electron chi connectivity index (χ0n) is 10.2. The van der Waals surface area contributed by atoms with E-state index < -0.39 is 6.04 Å². The Morgan fingerprint density at radius 1 is 1.53 bits per heavy atom. The van der Waals surface area contributed by atoms with Gasteiger partial charge >= 0.3 is 0 Å². The van der Waals surface area contributed by atoms with Crippen molar-refractivity contribution in [3.05, 3.63) is 35.4 Å². The fraction of sp³-hybridized carbons (Fsp3) is 0.357. The molecule has 0 radical (unpaired) electrons. The summed E-state index contributed by atoms with van der Waals surface area (Å²) in [6.45, 7) is 3.95. The van der Waals surface area contributed by atoms with E-state index in [1.54, 1.807) is 0 Å². The number of benzene rings is 1. The number of nitrogens with one attached hydrogen (secondary N) is 1. The fourth-order valence-electron chi connectivity index (χ4n) is 1.69. The van der Waals surface area contributed by atoms with Crippen molar-refractivity contribution in [2.24, 2.45) is 5.73 Å². The number of nitrogens with two attached hydrogens (primary N) is 1. The second-order valence-electron chi connectivity index (χ2n) is 4.10. The summed E-state index contributed by atoms with van der Waals surface area (Å²) >= 11 is 0. The van der Waals surface area contributed by atoms with Gasteiger partial charge in [0.25, 0.3) is 0 Å². The summed E-state index contributed by atoms with van der Waals surface area (Å²) in [5, 5.41) is 2.86. The predicted molar refractivity (Wildman–Crippen MR) is 69.2 cm³/mol. The summed E-state index contributed by atoms with van der Waals surface area (Å²) in [4.78, 5) is 11.7. The van der Waals surface area contributed by atoms with Gasteiger partial charge in [-0.15, -0.1) is 12.3 Å². The molecule has 0 heterocycles. The number of terminal acetylenes is 1. The topological polar surface area (TPSA) is 55.1 Å². The van der Waals surface area contributed by atoms with Crippen molar-refractivity contribution < 1.29 is 4.79 Å². The lowest BCUT2D eigenvalue weighted by Crippen LogP contribution is -2.41. The van der Waals surface area contributed by atoms with Gasteiger partial charge < -0.3 is 11.1 Å². The molecule has 90 valence electrons. The first-order chi connectivity index (χ1) is 8.06. The first-order valence-electron chi connectivity index (χ1n) is 5.61. The average molecular weight is 230 g/mol. The van der Waals surface area contributed by atoms with Crippen LogP contribution in [0.3, 0.4) is 0 Å². The van der Waals surface area contributed by atoms with Gasteiger partial charge in [-0.25, -0.2) is 0 Å². The Balaban J connectivity index is 2.67. The van der Waals surface area contributed by atoms with Crippen molar-refractivity contribution >= 4 is 5.91 Å². The second kappa shape index (κ2) is 6.07. The van der Waals surface area contributed by atoms with E-state index in [1.165, 1.54) is 0 Å². The summed E-state index contributed by atoms with van der Waals surface area (Å²) < 4.78 is 0. The van der Waals surface area contributed by atoms with E-state index >= 15 is 0 Å². The molecule has 17 heavy (non-hydrogen) atoms. The van der Waals surface area contributed by atoms with Crippen molar-refractivity contribution in [2.45, 2.75) is 32.4 Å². The highest BCUT2D eigenvalue weighted by molar-refractivity contribution is 5.82. The van der Waals surface area contributed by atoms with E-state index in [4.69, 9.17) is 12.2 Å². The molecule has 0 saturated carbocycles. The Bertz CT molecular complexity index is 434. The van der Waals surface area contributed by atoms with E-state index in [9.17, 15) is 4.79 Å². The lowest BCUT2D eigenvalue weighted by atomic mass is 10.0. The van der Waals surface area contributed by atoms with Crippen molar-refractivity contribution in [1.29, 1.82) is 0 Å². The van der Waals surface area contributed by atoms with Crippen LogP contribution in [0.15, 0.2) is 24.3 Å². The van der Waals surface area contributed by atoms with Crippen LogP contribution in [0, 0.1) is 19.3 Å². The fourth-order valence-corrected chi connectivity index (χ4v) is 1.69. The molecule has 0 aromatic heterocycles. The van der Waals surface area contributed by atoms with Gasteiger partial charge in [0.15, 0.2) is 0 Å². The van der Waals surface area contributed by atoms with E-state index in [1.807, 2.05) is 38.1 Å². The average Bonchev–Trinajstić information content (AvgIpc) is 2.29. The first kappa shape index (κ1) is 13.3. The molecule has 0 spiro atoms. The number of hydrogen-bond donors (Lipinski definition) is 2. The molecular formula is C14H18N2O. The number of carbonyl (C=O) groups is 1. The molecule has 3 heteroatoms. The van der Waals surface area contributed by atoms with Crippen molar-refractivity contribution in [2.75, 3.05) is 0 Å². The van der Waals surface area contributed by atoms with Crippen LogP contribution in [0.1, 0.15) is 30.5 Å². The minimum absolute atomic E-state index is 0.0625. The number of hydrogen-bond acceptors (Lipinski definition) is 2. The van der Waals surface area contributed by atoms with Crippen LogP contribution < -0.4 is 11.1 Å². The first-order valence-corrected chi connectivity index (χ1v) is 5.61. The van der Waals surface area contributed by atoms with Crippen LogP contribution in [0.2, 0.25) is 0 Å². The monoisotopic (exact) mass is 230 g/mol. The van der Waals surface area contributed by atoms with E-state index in [0.717, 1.165) is 11.1 Å². The van der Waals surface area contributed by atoms with Crippen LogP contribution in [-0.4, -0.2) is 11.9 Å². The maximum absolute atomic E-state index is 11.7. The molecule has 0 aliphatic carbocycles. The Hall–Kier alpha value is -1.79. The lowest BCUT2D eigenvalue weighted by Gasteiger charge is -2.18. The number of amides is 1. The molecule has 0 saturated heterocycles. The Morgan fingerprint density at radius 2 is 2.18 bits per heavy atom. The summed E-state index contributed by atoms with van der Waals surface area (Å²) in [5.74, 6) is 2.18. The third kappa shape index (κ3) is 3.61. The van der Waals surface area contributed by atoms with E-state index in [-0.39, 0.29) is 18.4 Å². The molecule has 2 unspecified atom stereocenters. The molecular weight excluding hydrogens is 212 g/mol. The highest BCUT2D eigenvalue weighted by Crippen LogP contribution is 2.16. The van der Waals surface area contributed by atoms with Gasteiger partial charge in [-0.05, 0) is 25.0 Å². The van der Waals surface area contributed by atoms with Crippen LogP contribution in [0.4, 0.5) is 0 Å². The summed E-state index contributed by atoms with van der Waals surface area (Å²) in [7, 11) is 0. The third-order valence-electron chi connectivity index (χ3n) is 2.69. The Kier molecular flexibility index (Phi) is 4.74. The molecule has 3 nitrogen and oxygen atoms in total. The molecule has 2 atom stereocenters. The molecule has 1 amide bonds. The second-order valence-corrected chi connectivity index (χ2v) is 4.10. The molecule has 0 bridgehead atoms. The van der Waals surface area contributed by atoms with Crippen molar-refractivity contribution in [3.8, 4) is 12.3 Å². The van der Waals surface area contributed by atoms with Gasteiger partial charge in [0.05, 0.1) is 12.1 Å². The van der Waals surface area contributed by atoms with Gasteiger partial charge in [0, 0.05) is 6.42 Å². The van der Waals surface area contributed by atoms with Crippen molar-refractivity contribution in [3.63, 3.8) is 0 Å². The highest BCUT2D eigenvalue weighted by Gasteiger charge is 2.16. The molecule has 1 aromatic rings. The summed E-state index contributed by atoms with van der Waals surface area (Å²) in [5.41, 5.74) is 7.87. The molecule has 0 fully saturated rings. The smallest absolute Gasteiger partial charge is 0.238 e. The van der Waals surface area contributed by atoms with Crippen LogP contribution in [0.25, 0.3) is 0 Å². The van der Waals surface area contributed by atoms with Crippen molar-refractivity contribution in [1.82, 2.24) is 5.32 Å². The SMILES string of the molecule is C#CCC(N)C(=O)NC(C)c1ccccc1C. The predicted octanol–water partition coefficient (Wildman–Crippen LogP) is 1.52. The normalized spacial score (nSPS) is 13.5. The Labute approximate surface area is 102 Å². The van der Waals surface area contributed by atoms with Gasteiger partial charge in [0.2, 0.25) is 5.91 Å². The van der Waals surface area contributed by atoms with Gasteiger partial charge in [-0.2, -0.15) is 0 Å². The minimum atomic E-state index is -0.633. The Morgan fingerprint density at radius 3 is 2.76 bits per heavy atom. The molecule has 0 aliphatic rings. The third-order valence-corrected chi connectivity index (χ3v) is 2.69. The lowest BCUT2D eigenvalue weighted by molar-refractivity contribution is -0.122. The van der Waals surface area contributed by atoms with Crippen LogP contribution in [0.5, 0.6) is 0 Å². The molecule has 1 rings (SSSR count). The number of rotatable bonds is 4. The maximum atomic E-state index is 11.7. The number of carbonyl (C=O) groups excluding carboxylic acids is 1. The van der Waals surface area contributed by atoms with E-state index in [2.05, 4.69) is 11.2 Å². The summed E-state index contributed by atoms with van der Waals surface area (Å²) in [6.07, 6.45) is 5.38. The standard InChI is InChI=1S/C14H18N2O/c1-4-7-13(15)14(17)16-11(3)12-9-6-5-8-10(12)2/h1,5-6,8-9,11,13H,7,15H2,2-3H3,(H,16,17). The number of aryl methyl sites for hydroxylation is 1. The van der Waals surface area contributed by atoms with E-state index in [0.29, 0.717) is 0 Å².